The Morgan fingerprint density at radius 1 is 1.33 bits per heavy atom. The van der Waals surface area contributed by atoms with Crippen molar-refractivity contribution < 1.29 is 13.9 Å². The molecule has 0 atom stereocenters. The molecule has 2 aromatic rings. The summed E-state index contributed by atoms with van der Waals surface area (Å²) in [5.74, 6) is 0.882. The van der Waals surface area contributed by atoms with Crippen molar-refractivity contribution in [2.45, 2.75) is 46.3 Å². The largest absolute Gasteiger partial charge is 0.459 e. The molecule has 0 saturated carbocycles. The second-order valence-electron chi connectivity index (χ2n) is 6.66. The van der Waals surface area contributed by atoms with Crippen LogP contribution in [0, 0.1) is 6.92 Å². The summed E-state index contributed by atoms with van der Waals surface area (Å²) in [4.78, 5) is 13.9. The van der Waals surface area contributed by atoms with Crippen LogP contribution in [-0.2, 0) is 17.7 Å². The maximum Gasteiger partial charge on any atom is 0.410 e. The van der Waals surface area contributed by atoms with E-state index in [-0.39, 0.29) is 6.09 Å². The highest BCUT2D eigenvalue weighted by Gasteiger charge is 2.28. The topological polar surface area (TPSA) is 42.7 Å². The molecule has 1 aliphatic rings. The third-order valence-corrected chi connectivity index (χ3v) is 3.65. The van der Waals surface area contributed by atoms with Gasteiger partial charge in [0.15, 0.2) is 0 Å². The van der Waals surface area contributed by atoms with E-state index in [4.69, 9.17) is 9.15 Å². The highest BCUT2D eigenvalue weighted by Crippen LogP contribution is 2.31. The predicted molar refractivity (Wildman–Crippen MR) is 81.3 cm³/mol. The van der Waals surface area contributed by atoms with Crippen LogP contribution in [0.1, 0.15) is 37.7 Å². The molecule has 4 nitrogen and oxygen atoms in total. The summed E-state index contributed by atoms with van der Waals surface area (Å²) in [5.41, 5.74) is 2.88. The molecule has 21 heavy (non-hydrogen) atoms. The van der Waals surface area contributed by atoms with Gasteiger partial charge < -0.3 is 14.1 Å². The first-order valence-electron chi connectivity index (χ1n) is 7.32. The summed E-state index contributed by atoms with van der Waals surface area (Å²) in [7, 11) is 0. The second kappa shape index (κ2) is 4.79. The van der Waals surface area contributed by atoms with Crippen molar-refractivity contribution in [3.05, 3.63) is 35.1 Å². The number of ether oxygens (including phenoxy) is 1. The molecule has 0 spiro atoms. The fraction of sp³-hybridized carbons (Fsp3) is 0.471. The molecule has 0 radical (unpaired) electrons. The highest BCUT2D eigenvalue weighted by molar-refractivity contribution is 5.83. The van der Waals surface area contributed by atoms with Crippen LogP contribution in [0.2, 0.25) is 0 Å². The van der Waals surface area contributed by atoms with E-state index in [2.05, 4.69) is 13.0 Å². The molecule has 3 rings (SSSR count). The van der Waals surface area contributed by atoms with Crippen molar-refractivity contribution >= 4 is 17.1 Å². The normalized spacial score (nSPS) is 15.1. The van der Waals surface area contributed by atoms with Gasteiger partial charge in [0, 0.05) is 17.5 Å². The summed E-state index contributed by atoms with van der Waals surface area (Å²) in [6.45, 7) is 8.87. The minimum atomic E-state index is -0.470. The van der Waals surface area contributed by atoms with E-state index in [1.165, 1.54) is 16.5 Å². The zero-order chi connectivity index (χ0) is 15.2. The van der Waals surface area contributed by atoms with E-state index in [1.807, 2.05) is 32.9 Å². The number of hydrogen-bond donors (Lipinski definition) is 0. The molecular weight excluding hydrogens is 266 g/mol. The fourth-order valence-corrected chi connectivity index (χ4v) is 2.70. The Morgan fingerprint density at radius 2 is 2.10 bits per heavy atom. The number of furan rings is 1. The Hall–Kier alpha value is -1.97. The molecule has 0 saturated heterocycles. The lowest BCUT2D eigenvalue weighted by atomic mass is 10.0. The number of amides is 1. The maximum absolute atomic E-state index is 12.2. The smallest absolute Gasteiger partial charge is 0.410 e. The van der Waals surface area contributed by atoms with Gasteiger partial charge in [-0.25, -0.2) is 4.79 Å². The molecule has 1 amide bonds. The van der Waals surface area contributed by atoms with Gasteiger partial charge in [-0.1, -0.05) is 11.6 Å². The number of benzene rings is 1. The van der Waals surface area contributed by atoms with Gasteiger partial charge in [0.05, 0.1) is 6.54 Å². The van der Waals surface area contributed by atoms with Gasteiger partial charge in [-0.2, -0.15) is 0 Å². The number of hydrogen-bond acceptors (Lipinski definition) is 3. The van der Waals surface area contributed by atoms with Gasteiger partial charge in [0.25, 0.3) is 0 Å². The Kier molecular flexibility index (Phi) is 3.19. The van der Waals surface area contributed by atoms with Gasteiger partial charge >= 0.3 is 6.09 Å². The van der Waals surface area contributed by atoms with Crippen LogP contribution in [0.25, 0.3) is 11.0 Å². The number of rotatable bonds is 0. The lowest BCUT2D eigenvalue weighted by molar-refractivity contribution is 0.0210. The first-order valence-corrected chi connectivity index (χ1v) is 7.32. The predicted octanol–water partition coefficient (Wildman–Crippen LogP) is 4.03. The molecule has 0 unspecified atom stereocenters. The standard InChI is InChI=1S/C17H21NO3/c1-11-5-6-14-13(9-11)12-7-8-18(10-15(12)20-14)16(19)21-17(2,3)4/h5-6,9H,7-8,10H2,1-4H3. The molecule has 112 valence electrons. The summed E-state index contributed by atoms with van der Waals surface area (Å²) in [6, 6.07) is 6.20. The van der Waals surface area contributed by atoms with Crippen LogP contribution < -0.4 is 0 Å². The summed E-state index contributed by atoms with van der Waals surface area (Å²) in [6.07, 6.45) is 0.537. The SMILES string of the molecule is Cc1ccc2oc3c(c2c1)CCN(C(=O)OC(C)(C)C)C3. The second-order valence-corrected chi connectivity index (χ2v) is 6.66. The van der Waals surface area contributed by atoms with Gasteiger partial charge in [-0.05, 0) is 46.2 Å². The molecule has 2 heterocycles. The zero-order valence-electron chi connectivity index (χ0n) is 13.0. The first-order chi connectivity index (χ1) is 9.83. The summed E-state index contributed by atoms with van der Waals surface area (Å²) >= 11 is 0. The molecule has 1 aromatic heterocycles. The monoisotopic (exact) mass is 287 g/mol. The van der Waals surface area contributed by atoms with Crippen molar-refractivity contribution in [3.63, 3.8) is 0 Å². The third kappa shape index (κ3) is 2.75. The van der Waals surface area contributed by atoms with Crippen LogP contribution in [0.4, 0.5) is 4.79 Å². The van der Waals surface area contributed by atoms with Crippen LogP contribution in [0.5, 0.6) is 0 Å². The van der Waals surface area contributed by atoms with Crippen LogP contribution >= 0.6 is 0 Å². The lowest BCUT2D eigenvalue weighted by Gasteiger charge is -2.29. The van der Waals surface area contributed by atoms with Gasteiger partial charge in [0.1, 0.15) is 16.9 Å². The minimum absolute atomic E-state index is 0.273. The molecular formula is C17H21NO3. The number of nitrogens with zero attached hydrogens (tertiary/aromatic N) is 1. The van der Waals surface area contributed by atoms with Crippen LogP contribution in [-0.4, -0.2) is 23.1 Å². The molecule has 1 aromatic carbocycles. The average Bonchev–Trinajstić information content (AvgIpc) is 2.73. The lowest BCUT2D eigenvalue weighted by Crippen LogP contribution is -2.39. The Bertz CT molecular complexity index is 694. The molecule has 0 fully saturated rings. The number of carbonyl (C=O) groups excluding carboxylic acids is 1. The van der Waals surface area contributed by atoms with Crippen LogP contribution in [0.3, 0.4) is 0 Å². The molecule has 0 N–H and O–H groups in total. The van der Waals surface area contributed by atoms with Gasteiger partial charge in [0.2, 0.25) is 0 Å². The minimum Gasteiger partial charge on any atom is -0.459 e. The highest BCUT2D eigenvalue weighted by atomic mass is 16.6. The van der Waals surface area contributed by atoms with Crippen LogP contribution in [0.15, 0.2) is 22.6 Å². The average molecular weight is 287 g/mol. The van der Waals surface area contributed by atoms with Crippen molar-refractivity contribution in [1.82, 2.24) is 4.90 Å². The number of carbonyl (C=O) groups is 1. The zero-order valence-corrected chi connectivity index (χ0v) is 13.0. The molecule has 1 aliphatic heterocycles. The summed E-state index contributed by atoms with van der Waals surface area (Å²) in [5, 5.41) is 1.17. The first kappa shape index (κ1) is 14.0. The molecule has 4 heteroatoms. The molecule has 0 bridgehead atoms. The van der Waals surface area contributed by atoms with E-state index in [9.17, 15) is 4.79 Å². The number of aryl methyl sites for hydroxylation is 1. The van der Waals surface area contributed by atoms with Gasteiger partial charge in [-0.15, -0.1) is 0 Å². The molecule has 0 aliphatic carbocycles. The van der Waals surface area contributed by atoms with E-state index in [0.717, 1.165) is 17.8 Å². The summed E-state index contributed by atoms with van der Waals surface area (Å²) < 4.78 is 11.3. The van der Waals surface area contributed by atoms with E-state index < -0.39 is 5.60 Å². The van der Waals surface area contributed by atoms with Crippen molar-refractivity contribution in [3.8, 4) is 0 Å². The Balaban J connectivity index is 1.86. The quantitative estimate of drug-likeness (QED) is 0.734. The van der Waals surface area contributed by atoms with Crippen molar-refractivity contribution in [2.24, 2.45) is 0 Å². The maximum atomic E-state index is 12.2. The Labute approximate surface area is 124 Å². The van der Waals surface area contributed by atoms with E-state index in [1.54, 1.807) is 4.90 Å². The van der Waals surface area contributed by atoms with Gasteiger partial charge in [-0.3, -0.25) is 0 Å². The third-order valence-electron chi connectivity index (χ3n) is 3.65. The van der Waals surface area contributed by atoms with E-state index >= 15 is 0 Å². The number of fused-ring (bicyclic) bond motifs is 3. The van der Waals surface area contributed by atoms with Crippen molar-refractivity contribution in [2.75, 3.05) is 6.54 Å². The fourth-order valence-electron chi connectivity index (χ4n) is 2.70. The van der Waals surface area contributed by atoms with Crippen molar-refractivity contribution in [1.29, 1.82) is 0 Å². The van der Waals surface area contributed by atoms with E-state index in [0.29, 0.717) is 13.1 Å². The Morgan fingerprint density at radius 3 is 2.81 bits per heavy atom.